The summed E-state index contributed by atoms with van der Waals surface area (Å²) in [5, 5.41) is 0.256. The Morgan fingerprint density at radius 2 is 0.898 bits per heavy atom. The Hall–Kier alpha value is -1.90. The minimum absolute atomic E-state index is 0.145. The van der Waals surface area contributed by atoms with Crippen molar-refractivity contribution in [2.24, 2.45) is 0 Å². The molecule has 0 radical (unpaired) electrons. The second-order valence-corrected chi connectivity index (χ2v) is 17.1. The minimum atomic E-state index is -4.55. The standard InChI is InChI=1S/C14H23O7P.C13H21O6P.C10H15O5PS/c1-2-3-9-18-11-19-10-14(13-7-5-4-6-8-13)20-12-21-22(15,16)17;1-2-3-9-17-10-13(12-7-5-4-6-8-12)18-11-19-20(14,15)16;1-9(10-5-3-2-4-6-10)17-8-14-7-15-16(11,12)13/h4-8,14H,2-3,9-12H2,1H3,(H2,15,16,17);4-8,13H,2-3,9-11H2,1H3,(H2,14,15,16);2-6,9H,7-8H2,1H3,(H2,11,12,13). The van der Waals surface area contributed by atoms with Crippen LogP contribution in [0.15, 0.2) is 91.0 Å². The van der Waals surface area contributed by atoms with E-state index in [1.54, 1.807) is 0 Å². The smallest absolute Gasteiger partial charge is 0.378 e. The molecule has 0 bridgehead atoms. The van der Waals surface area contributed by atoms with Gasteiger partial charge < -0.3 is 57.8 Å². The molecule has 0 aliphatic rings. The van der Waals surface area contributed by atoms with Crippen molar-refractivity contribution in [3.63, 3.8) is 0 Å². The van der Waals surface area contributed by atoms with Gasteiger partial charge >= 0.3 is 23.5 Å². The molecule has 336 valence electrons. The SMILES string of the molecule is CC(SCOCOP(=O)(O)O)c1ccccc1.CCCCOCC(OCOP(=O)(O)O)c1ccccc1.CCCCOCOCC(OCOP(=O)(O)O)c1ccccc1. The van der Waals surface area contributed by atoms with Crippen molar-refractivity contribution in [1.82, 2.24) is 0 Å². The molecule has 3 unspecified atom stereocenters. The van der Waals surface area contributed by atoms with Crippen LogP contribution in [0.2, 0.25) is 0 Å². The summed E-state index contributed by atoms with van der Waals surface area (Å²) in [6.45, 7) is 6.68. The zero-order valence-electron chi connectivity index (χ0n) is 33.4. The van der Waals surface area contributed by atoms with E-state index in [1.807, 2.05) is 97.9 Å². The zero-order chi connectivity index (χ0) is 43.8. The first-order chi connectivity index (χ1) is 28.0. The number of ether oxygens (including phenoxy) is 6. The number of thioether (sulfide) groups is 1. The zero-order valence-corrected chi connectivity index (χ0v) is 36.9. The monoisotopic (exact) mass is 916 g/mol. The summed E-state index contributed by atoms with van der Waals surface area (Å²) < 4.78 is 76.1. The Kier molecular flexibility index (Phi) is 30.6. The molecule has 0 aliphatic heterocycles. The van der Waals surface area contributed by atoms with Crippen molar-refractivity contribution < 1.29 is 85.0 Å². The van der Waals surface area contributed by atoms with E-state index in [9.17, 15) is 13.7 Å². The first-order valence-corrected chi connectivity index (χ1v) is 24.1. The lowest BCUT2D eigenvalue weighted by Crippen LogP contribution is -2.15. The molecule has 0 fully saturated rings. The molecule has 0 aliphatic carbocycles. The van der Waals surface area contributed by atoms with Gasteiger partial charge in [0.05, 0.1) is 19.2 Å². The van der Waals surface area contributed by atoms with Crippen molar-refractivity contribution in [2.75, 3.05) is 59.5 Å². The first kappa shape index (κ1) is 55.1. The summed E-state index contributed by atoms with van der Waals surface area (Å²) in [6.07, 6.45) is 3.11. The quantitative estimate of drug-likeness (QED) is 0.0221. The van der Waals surface area contributed by atoms with Crippen molar-refractivity contribution >= 4 is 35.2 Å². The van der Waals surface area contributed by atoms with Gasteiger partial charge in [-0.05, 0) is 36.5 Å². The summed E-state index contributed by atoms with van der Waals surface area (Å²) in [5.41, 5.74) is 2.88. The van der Waals surface area contributed by atoms with E-state index in [-0.39, 0.29) is 18.6 Å². The van der Waals surface area contributed by atoms with E-state index in [1.165, 1.54) is 17.3 Å². The molecule has 0 saturated heterocycles. The summed E-state index contributed by atoms with van der Waals surface area (Å²) >= 11 is 1.52. The van der Waals surface area contributed by atoms with E-state index < -0.39 is 56.1 Å². The molecule has 3 rings (SSSR count). The number of phosphoric acid groups is 3. The fraction of sp³-hybridized carbons (Fsp3) is 0.514. The van der Waals surface area contributed by atoms with Crippen LogP contribution in [0.5, 0.6) is 0 Å². The molecule has 3 aromatic rings. The van der Waals surface area contributed by atoms with Gasteiger partial charge in [0.15, 0.2) is 20.4 Å². The number of rotatable bonds is 29. The number of phosphoric ester groups is 3. The van der Waals surface area contributed by atoms with Gasteiger partial charge in [0.2, 0.25) is 0 Å². The van der Waals surface area contributed by atoms with Crippen LogP contribution in [0, 0.1) is 0 Å². The highest BCUT2D eigenvalue weighted by Crippen LogP contribution is 2.37. The topological polar surface area (TPSA) is 256 Å². The Morgan fingerprint density at radius 3 is 1.32 bits per heavy atom. The lowest BCUT2D eigenvalue weighted by molar-refractivity contribution is -0.117. The predicted molar refractivity (Wildman–Crippen MR) is 220 cm³/mol. The average Bonchev–Trinajstić information content (AvgIpc) is 3.19. The summed E-state index contributed by atoms with van der Waals surface area (Å²) in [7, 11) is -13.5. The predicted octanol–water partition coefficient (Wildman–Crippen LogP) is 7.75. The van der Waals surface area contributed by atoms with Gasteiger partial charge in [-0.2, -0.15) is 0 Å². The van der Waals surface area contributed by atoms with Crippen molar-refractivity contribution in [3.8, 4) is 0 Å². The molecule has 3 atom stereocenters. The molecule has 0 aromatic heterocycles. The van der Waals surface area contributed by atoms with E-state index in [4.69, 9.17) is 57.8 Å². The van der Waals surface area contributed by atoms with Gasteiger partial charge in [-0.1, -0.05) is 118 Å². The van der Waals surface area contributed by atoms with Crippen molar-refractivity contribution in [1.29, 1.82) is 0 Å². The van der Waals surface area contributed by atoms with Gasteiger partial charge in [-0.15, -0.1) is 11.8 Å². The van der Waals surface area contributed by atoms with Crippen LogP contribution in [-0.2, 0) is 55.7 Å². The van der Waals surface area contributed by atoms with Gasteiger partial charge in [0.1, 0.15) is 19.0 Å². The third-order valence-corrected chi connectivity index (χ3v) is 9.69. The van der Waals surface area contributed by atoms with Crippen LogP contribution in [0.3, 0.4) is 0 Å². The maximum atomic E-state index is 10.7. The Labute approximate surface area is 350 Å². The lowest BCUT2D eigenvalue weighted by atomic mass is 10.1. The average molecular weight is 917 g/mol. The number of hydrogen-bond acceptors (Lipinski definition) is 13. The molecular formula is C37H59O18P3S. The molecular weight excluding hydrogens is 857 g/mol. The largest absolute Gasteiger partial charge is 0.471 e. The number of benzene rings is 3. The van der Waals surface area contributed by atoms with Gasteiger partial charge in [0.25, 0.3) is 0 Å². The van der Waals surface area contributed by atoms with Crippen LogP contribution in [-0.4, -0.2) is 88.9 Å². The number of hydrogen-bond donors (Lipinski definition) is 6. The Balaban J connectivity index is 0.000000446. The molecule has 0 amide bonds. The molecule has 3 aromatic carbocycles. The normalized spacial score (nSPS) is 13.4. The molecule has 6 N–H and O–H groups in total. The second kappa shape index (κ2) is 32.8. The van der Waals surface area contributed by atoms with E-state index in [0.29, 0.717) is 25.8 Å². The molecule has 0 heterocycles. The second-order valence-electron chi connectivity index (χ2n) is 12.1. The molecule has 59 heavy (non-hydrogen) atoms. The Bertz CT molecular complexity index is 1580. The van der Waals surface area contributed by atoms with Gasteiger partial charge in [-0.25, -0.2) is 13.7 Å². The van der Waals surface area contributed by atoms with Crippen LogP contribution in [0.25, 0.3) is 0 Å². The van der Waals surface area contributed by atoms with E-state index >= 15 is 0 Å². The third-order valence-electron chi connectivity index (χ3n) is 7.29. The third kappa shape index (κ3) is 32.5. The van der Waals surface area contributed by atoms with Gasteiger partial charge in [0, 0.05) is 18.5 Å². The molecule has 22 heteroatoms. The number of unbranched alkanes of at least 4 members (excludes halogenated alkanes) is 2. The van der Waals surface area contributed by atoms with Crippen LogP contribution in [0.4, 0.5) is 0 Å². The van der Waals surface area contributed by atoms with Crippen molar-refractivity contribution in [3.05, 3.63) is 108 Å². The molecule has 0 saturated carbocycles. The maximum Gasteiger partial charge on any atom is 0.471 e. The summed E-state index contributed by atoms with van der Waals surface area (Å²) in [6, 6.07) is 28.5. The highest BCUT2D eigenvalue weighted by Gasteiger charge is 2.19. The maximum absolute atomic E-state index is 10.7. The van der Waals surface area contributed by atoms with Crippen LogP contribution < -0.4 is 0 Å². The van der Waals surface area contributed by atoms with Gasteiger partial charge in [-0.3, -0.25) is 13.6 Å². The fourth-order valence-corrected chi connectivity index (χ4v) is 5.57. The molecule has 18 nitrogen and oxygen atoms in total. The summed E-state index contributed by atoms with van der Waals surface area (Å²) in [5.74, 6) is 0.316. The molecule has 0 spiro atoms. The van der Waals surface area contributed by atoms with Crippen LogP contribution in [0.1, 0.15) is 80.6 Å². The fourth-order valence-electron chi connectivity index (χ4n) is 4.25. The van der Waals surface area contributed by atoms with E-state index in [2.05, 4.69) is 27.4 Å². The highest BCUT2D eigenvalue weighted by molar-refractivity contribution is 7.99. The summed E-state index contributed by atoms with van der Waals surface area (Å²) in [4.78, 5) is 51.4. The lowest BCUT2D eigenvalue weighted by Gasteiger charge is -2.18. The minimum Gasteiger partial charge on any atom is -0.378 e. The first-order valence-electron chi connectivity index (χ1n) is 18.5. The van der Waals surface area contributed by atoms with Crippen molar-refractivity contribution in [2.45, 2.75) is 63.9 Å². The van der Waals surface area contributed by atoms with Crippen LogP contribution >= 0.6 is 35.2 Å². The Morgan fingerprint density at radius 1 is 0.508 bits per heavy atom. The highest BCUT2D eigenvalue weighted by atomic mass is 32.2. The van der Waals surface area contributed by atoms with E-state index in [0.717, 1.165) is 36.8 Å².